The van der Waals surface area contributed by atoms with Crippen LogP contribution in [0.25, 0.3) is 0 Å². The molecule has 1 unspecified atom stereocenters. The largest absolute Gasteiger partial charge is 0.416 e. The zero-order chi connectivity index (χ0) is 21.4. The van der Waals surface area contributed by atoms with Crippen molar-refractivity contribution in [2.24, 2.45) is 5.92 Å². The highest BCUT2D eigenvalue weighted by molar-refractivity contribution is 6.03. The highest BCUT2D eigenvalue weighted by Gasteiger charge is 2.46. The van der Waals surface area contributed by atoms with Gasteiger partial charge in [0, 0.05) is 5.69 Å². The SMILES string of the molecule is O=C1C=CC2(C=C1)OCC(Cc1ccc(C(F)(F)F)cc1)C(=O)N2c1ccccc1. The number of anilines is 1. The quantitative estimate of drug-likeness (QED) is 0.753. The van der Waals surface area contributed by atoms with E-state index >= 15 is 0 Å². The zero-order valence-corrected chi connectivity index (χ0v) is 15.8. The van der Waals surface area contributed by atoms with Crippen LogP contribution in [0.15, 0.2) is 78.9 Å². The lowest BCUT2D eigenvalue weighted by molar-refractivity contribution is -0.138. The van der Waals surface area contributed by atoms with Gasteiger partial charge in [-0.25, -0.2) is 0 Å². The van der Waals surface area contributed by atoms with Crippen molar-refractivity contribution in [2.45, 2.75) is 18.3 Å². The molecule has 1 amide bonds. The number of hydrogen-bond donors (Lipinski definition) is 0. The van der Waals surface area contributed by atoms with Crippen LogP contribution in [0.4, 0.5) is 18.9 Å². The van der Waals surface area contributed by atoms with Gasteiger partial charge in [-0.15, -0.1) is 0 Å². The third kappa shape index (κ3) is 3.80. The first-order valence-corrected chi connectivity index (χ1v) is 9.40. The fourth-order valence-corrected chi connectivity index (χ4v) is 3.65. The molecule has 2 aromatic carbocycles. The third-order valence-electron chi connectivity index (χ3n) is 5.19. The predicted molar refractivity (Wildman–Crippen MR) is 105 cm³/mol. The van der Waals surface area contributed by atoms with Crippen LogP contribution in [-0.2, 0) is 26.9 Å². The Morgan fingerprint density at radius 3 is 2.20 bits per heavy atom. The molecule has 7 heteroatoms. The molecule has 4 nitrogen and oxygen atoms in total. The summed E-state index contributed by atoms with van der Waals surface area (Å²) >= 11 is 0. The summed E-state index contributed by atoms with van der Waals surface area (Å²) in [4.78, 5) is 26.5. The maximum absolute atomic E-state index is 13.4. The number of benzene rings is 2. The first kappa shape index (κ1) is 20.1. The number of amides is 1. The highest BCUT2D eigenvalue weighted by Crippen LogP contribution is 2.37. The summed E-state index contributed by atoms with van der Waals surface area (Å²) < 4.78 is 44.4. The van der Waals surface area contributed by atoms with Crippen LogP contribution < -0.4 is 4.90 Å². The number of carbonyl (C=O) groups excluding carboxylic acids is 2. The Hall–Kier alpha value is -3.19. The molecule has 1 atom stereocenters. The molecule has 1 spiro atoms. The Morgan fingerprint density at radius 2 is 1.60 bits per heavy atom. The minimum absolute atomic E-state index is 0.0755. The van der Waals surface area contributed by atoms with Crippen molar-refractivity contribution in [3.05, 3.63) is 90.0 Å². The van der Waals surface area contributed by atoms with Gasteiger partial charge >= 0.3 is 6.18 Å². The number of ketones is 1. The molecule has 0 N–H and O–H groups in total. The average molecular weight is 413 g/mol. The van der Waals surface area contributed by atoms with Gasteiger partial charge in [0.15, 0.2) is 11.5 Å². The van der Waals surface area contributed by atoms with Crippen molar-refractivity contribution in [3.8, 4) is 0 Å². The number of ether oxygens (including phenoxy) is 1. The Morgan fingerprint density at radius 1 is 0.967 bits per heavy atom. The van der Waals surface area contributed by atoms with Crippen LogP contribution in [0.2, 0.25) is 0 Å². The molecule has 1 heterocycles. The Kier molecular flexibility index (Phi) is 5.07. The zero-order valence-electron chi connectivity index (χ0n) is 15.8. The molecule has 1 aliphatic heterocycles. The summed E-state index contributed by atoms with van der Waals surface area (Å²) in [7, 11) is 0. The molecule has 154 valence electrons. The van der Waals surface area contributed by atoms with Gasteiger partial charge in [-0.3, -0.25) is 14.5 Å². The molecule has 2 aromatic rings. The van der Waals surface area contributed by atoms with Crippen LogP contribution in [0, 0.1) is 5.92 Å². The molecule has 1 aliphatic carbocycles. The van der Waals surface area contributed by atoms with E-state index in [-0.39, 0.29) is 24.7 Å². The number of alkyl halides is 3. The Bertz CT molecular complexity index is 994. The van der Waals surface area contributed by atoms with Crippen molar-refractivity contribution in [1.82, 2.24) is 0 Å². The number of para-hydroxylation sites is 1. The van der Waals surface area contributed by atoms with Crippen LogP contribution in [0.5, 0.6) is 0 Å². The maximum atomic E-state index is 13.4. The van der Waals surface area contributed by atoms with Crippen LogP contribution >= 0.6 is 0 Å². The summed E-state index contributed by atoms with van der Waals surface area (Å²) in [6.07, 6.45) is 1.65. The predicted octanol–water partition coefficient (Wildman–Crippen LogP) is 4.32. The summed E-state index contributed by atoms with van der Waals surface area (Å²) in [5.74, 6) is -1.00. The van der Waals surface area contributed by atoms with Gasteiger partial charge in [0.1, 0.15) is 0 Å². The van der Waals surface area contributed by atoms with E-state index in [0.717, 1.165) is 12.1 Å². The molecule has 2 aliphatic rings. The minimum Gasteiger partial charge on any atom is -0.347 e. The van der Waals surface area contributed by atoms with E-state index in [4.69, 9.17) is 4.74 Å². The molecule has 0 radical (unpaired) electrons. The van der Waals surface area contributed by atoms with E-state index in [1.54, 1.807) is 36.4 Å². The average Bonchev–Trinajstić information content (AvgIpc) is 2.73. The topological polar surface area (TPSA) is 46.6 Å². The van der Waals surface area contributed by atoms with Gasteiger partial charge in [0.05, 0.1) is 18.1 Å². The van der Waals surface area contributed by atoms with Crippen molar-refractivity contribution in [3.63, 3.8) is 0 Å². The molecule has 1 fully saturated rings. The number of allylic oxidation sites excluding steroid dienone is 2. The van der Waals surface area contributed by atoms with Gasteiger partial charge in [0.2, 0.25) is 5.91 Å². The number of nitrogens with zero attached hydrogens (tertiary/aromatic N) is 1. The van der Waals surface area contributed by atoms with E-state index in [1.807, 2.05) is 6.07 Å². The normalized spacial score (nSPS) is 20.8. The van der Waals surface area contributed by atoms with Crippen molar-refractivity contribution >= 4 is 17.4 Å². The standard InChI is InChI=1S/C23H18F3NO3/c24-23(25,26)18-8-6-16(7-9-18)14-17-15-30-22(12-10-20(28)11-13-22)27(21(17)29)19-4-2-1-3-5-19/h1-13,17H,14-15H2. The molecule has 0 saturated carbocycles. The molecule has 1 saturated heterocycles. The van der Waals surface area contributed by atoms with Crippen molar-refractivity contribution < 1.29 is 27.5 Å². The second kappa shape index (κ2) is 7.57. The number of rotatable bonds is 3. The molecular formula is C23H18F3NO3. The molecular weight excluding hydrogens is 395 g/mol. The fourth-order valence-electron chi connectivity index (χ4n) is 3.65. The monoisotopic (exact) mass is 413 g/mol. The minimum atomic E-state index is -4.41. The summed E-state index contributed by atoms with van der Waals surface area (Å²) in [5.41, 5.74) is -0.727. The van der Waals surface area contributed by atoms with E-state index < -0.39 is 23.4 Å². The van der Waals surface area contributed by atoms with Gasteiger partial charge in [-0.2, -0.15) is 13.2 Å². The first-order chi connectivity index (χ1) is 14.3. The van der Waals surface area contributed by atoms with Crippen LogP contribution in [0.3, 0.4) is 0 Å². The smallest absolute Gasteiger partial charge is 0.347 e. The lowest BCUT2D eigenvalue weighted by atomic mass is 9.92. The van der Waals surface area contributed by atoms with Crippen molar-refractivity contribution in [2.75, 3.05) is 11.5 Å². The van der Waals surface area contributed by atoms with Crippen LogP contribution in [0.1, 0.15) is 11.1 Å². The first-order valence-electron chi connectivity index (χ1n) is 9.40. The van der Waals surface area contributed by atoms with E-state index in [9.17, 15) is 22.8 Å². The molecule has 0 bridgehead atoms. The second-order valence-electron chi connectivity index (χ2n) is 7.24. The molecule has 4 rings (SSSR count). The lowest BCUT2D eigenvalue weighted by Crippen LogP contribution is -2.60. The fraction of sp³-hybridized carbons (Fsp3) is 0.217. The Balaban J connectivity index is 1.62. The third-order valence-corrected chi connectivity index (χ3v) is 5.19. The maximum Gasteiger partial charge on any atom is 0.416 e. The Labute approximate surface area is 171 Å². The lowest BCUT2D eigenvalue weighted by Gasteiger charge is -2.46. The molecule has 0 aromatic heterocycles. The van der Waals surface area contributed by atoms with Crippen LogP contribution in [-0.4, -0.2) is 24.0 Å². The number of carbonyl (C=O) groups is 2. The van der Waals surface area contributed by atoms with E-state index in [2.05, 4.69) is 0 Å². The second-order valence-corrected chi connectivity index (χ2v) is 7.24. The van der Waals surface area contributed by atoms with Gasteiger partial charge in [0.25, 0.3) is 0 Å². The van der Waals surface area contributed by atoms with Gasteiger partial charge in [-0.05, 0) is 60.6 Å². The highest BCUT2D eigenvalue weighted by atomic mass is 19.4. The number of hydrogen-bond acceptors (Lipinski definition) is 3. The van der Waals surface area contributed by atoms with E-state index in [0.29, 0.717) is 11.3 Å². The summed E-state index contributed by atoms with van der Waals surface area (Å²) in [5, 5.41) is 0. The molecule has 30 heavy (non-hydrogen) atoms. The summed E-state index contributed by atoms with van der Waals surface area (Å²) in [6, 6.07) is 13.7. The van der Waals surface area contributed by atoms with Gasteiger partial charge < -0.3 is 4.74 Å². The summed E-state index contributed by atoms with van der Waals surface area (Å²) in [6.45, 7) is 0.0755. The van der Waals surface area contributed by atoms with Gasteiger partial charge in [-0.1, -0.05) is 30.3 Å². The van der Waals surface area contributed by atoms with E-state index in [1.165, 1.54) is 29.2 Å². The van der Waals surface area contributed by atoms with Crippen molar-refractivity contribution in [1.29, 1.82) is 0 Å². The number of halogens is 3.